The molecular formula is C10H17N3O2S. The Kier molecular flexibility index (Phi) is 5.95. The summed E-state index contributed by atoms with van der Waals surface area (Å²) in [7, 11) is 0. The van der Waals surface area contributed by atoms with Crippen LogP contribution in [0.4, 0.5) is 5.13 Å². The molecule has 0 aliphatic heterocycles. The maximum absolute atomic E-state index is 11.3. The summed E-state index contributed by atoms with van der Waals surface area (Å²) >= 11 is 1.40. The Morgan fingerprint density at radius 3 is 2.94 bits per heavy atom. The minimum Gasteiger partial charge on any atom is -0.381 e. The standard InChI is InChI=1S/C10H17N3O2S/c1-3-5-8(14)11-10-13-12-9(16-10)6-7-15-4-2/h3-7H2,1-2H3,(H,11,13,14). The minimum atomic E-state index is -0.00462. The van der Waals surface area contributed by atoms with Crippen LogP contribution >= 0.6 is 11.3 Å². The van der Waals surface area contributed by atoms with Crippen molar-refractivity contribution in [3.63, 3.8) is 0 Å². The van der Waals surface area contributed by atoms with E-state index in [0.717, 1.165) is 17.8 Å². The minimum absolute atomic E-state index is 0.00462. The molecule has 0 atom stereocenters. The van der Waals surface area contributed by atoms with Crippen LogP contribution in [0, 0.1) is 0 Å². The molecule has 0 aliphatic rings. The summed E-state index contributed by atoms with van der Waals surface area (Å²) in [5.41, 5.74) is 0. The molecule has 1 amide bonds. The molecule has 0 aromatic carbocycles. The quantitative estimate of drug-likeness (QED) is 0.742. The van der Waals surface area contributed by atoms with Crippen molar-refractivity contribution in [1.82, 2.24) is 10.2 Å². The lowest BCUT2D eigenvalue weighted by atomic mass is 10.3. The van der Waals surface area contributed by atoms with Gasteiger partial charge in [-0.15, -0.1) is 10.2 Å². The number of amides is 1. The van der Waals surface area contributed by atoms with Crippen molar-refractivity contribution in [2.24, 2.45) is 0 Å². The van der Waals surface area contributed by atoms with Crippen molar-refractivity contribution >= 4 is 22.4 Å². The van der Waals surface area contributed by atoms with Gasteiger partial charge in [-0.3, -0.25) is 4.79 Å². The van der Waals surface area contributed by atoms with Crippen molar-refractivity contribution in [2.45, 2.75) is 33.1 Å². The van der Waals surface area contributed by atoms with E-state index in [-0.39, 0.29) is 5.91 Å². The number of ether oxygens (including phenoxy) is 1. The lowest BCUT2D eigenvalue weighted by molar-refractivity contribution is -0.116. The van der Waals surface area contributed by atoms with Crippen LogP contribution in [0.15, 0.2) is 0 Å². The molecule has 0 aliphatic carbocycles. The van der Waals surface area contributed by atoms with Gasteiger partial charge in [-0.1, -0.05) is 18.3 Å². The molecule has 1 rings (SSSR count). The predicted octanol–water partition coefficient (Wildman–Crippen LogP) is 1.86. The number of nitrogens with zero attached hydrogens (tertiary/aromatic N) is 2. The summed E-state index contributed by atoms with van der Waals surface area (Å²) in [6, 6.07) is 0. The first-order chi connectivity index (χ1) is 7.76. The number of carbonyl (C=O) groups excluding carboxylic acids is 1. The van der Waals surface area contributed by atoms with Crippen molar-refractivity contribution in [2.75, 3.05) is 18.5 Å². The number of aromatic nitrogens is 2. The van der Waals surface area contributed by atoms with Gasteiger partial charge >= 0.3 is 0 Å². The van der Waals surface area contributed by atoms with Gasteiger partial charge in [0.05, 0.1) is 6.61 Å². The number of hydrogen-bond acceptors (Lipinski definition) is 5. The van der Waals surface area contributed by atoms with E-state index < -0.39 is 0 Å². The fraction of sp³-hybridized carbons (Fsp3) is 0.700. The molecule has 1 heterocycles. The zero-order valence-corrected chi connectivity index (χ0v) is 10.5. The Balaban J connectivity index is 2.36. The molecule has 1 aromatic heterocycles. The van der Waals surface area contributed by atoms with Gasteiger partial charge in [-0.25, -0.2) is 0 Å². The SMILES string of the molecule is CCCC(=O)Nc1nnc(CCOCC)s1. The molecule has 0 saturated heterocycles. The van der Waals surface area contributed by atoms with E-state index in [1.54, 1.807) is 0 Å². The van der Waals surface area contributed by atoms with E-state index in [4.69, 9.17) is 4.74 Å². The lowest BCUT2D eigenvalue weighted by Crippen LogP contribution is -2.10. The van der Waals surface area contributed by atoms with Crippen molar-refractivity contribution in [1.29, 1.82) is 0 Å². The van der Waals surface area contributed by atoms with Gasteiger partial charge in [0.1, 0.15) is 5.01 Å². The summed E-state index contributed by atoms with van der Waals surface area (Å²) in [5, 5.41) is 12.1. The third kappa shape index (κ3) is 4.67. The number of nitrogens with one attached hydrogen (secondary N) is 1. The highest BCUT2D eigenvalue weighted by molar-refractivity contribution is 7.15. The number of carbonyl (C=O) groups is 1. The van der Waals surface area contributed by atoms with Crippen molar-refractivity contribution in [3.05, 3.63) is 5.01 Å². The molecule has 6 heteroatoms. The maximum Gasteiger partial charge on any atom is 0.226 e. The highest BCUT2D eigenvalue weighted by Gasteiger charge is 2.06. The molecular weight excluding hydrogens is 226 g/mol. The van der Waals surface area contributed by atoms with Crippen LogP contribution in [0.25, 0.3) is 0 Å². The first-order valence-corrected chi connectivity index (χ1v) is 6.27. The first kappa shape index (κ1) is 13.1. The monoisotopic (exact) mass is 243 g/mol. The zero-order chi connectivity index (χ0) is 11.8. The summed E-state index contributed by atoms with van der Waals surface area (Å²) in [5.74, 6) is -0.00462. The molecule has 1 aromatic rings. The molecule has 1 N–H and O–H groups in total. The van der Waals surface area contributed by atoms with Crippen LogP contribution in [0.1, 0.15) is 31.7 Å². The molecule has 0 spiro atoms. The van der Waals surface area contributed by atoms with E-state index in [1.807, 2.05) is 13.8 Å². The molecule has 90 valence electrons. The van der Waals surface area contributed by atoms with Crippen LogP contribution in [-0.2, 0) is 16.0 Å². The summed E-state index contributed by atoms with van der Waals surface area (Å²) in [4.78, 5) is 11.3. The fourth-order valence-electron chi connectivity index (χ4n) is 1.12. The second kappa shape index (κ2) is 7.29. The predicted molar refractivity (Wildman–Crippen MR) is 63.6 cm³/mol. The van der Waals surface area contributed by atoms with Crippen LogP contribution in [-0.4, -0.2) is 29.3 Å². The normalized spacial score (nSPS) is 10.4. The van der Waals surface area contributed by atoms with Gasteiger partial charge < -0.3 is 10.1 Å². The Labute approximate surface area is 99.2 Å². The Hall–Kier alpha value is -1.01. The maximum atomic E-state index is 11.3. The second-order valence-corrected chi connectivity index (χ2v) is 4.31. The number of rotatable bonds is 7. The molecule has 0 fully saturated rings. The largest absolute Gasteiger partial charge is 0.381 e. The summed E-state index contributed by atoms with van der Waals surface area (Å²) in [6.07, 6.45) is 2.10. The van der Waals surface area contributed by atoms with Crippen LogP contribution in [0.3, 0.4) is 0 Å². The molecule has 5 nitrogen and oxygen atoms in total. The third-order valence-electron chi connectivity index (χ3n) is 1.85. The van der Waals surface area contributed by atoms with Gasteiger partial charge in [-0.05, 0) is 13.3 Å². The third-order valence-corrected chi connectivity index (χ3v) is 2.75. The lowest BCUT2D eigenvalue weighted by Gasteiger charge is -1.97. The van der Waals surface area contributed by atoms with E-state index in [2.05, 4.69) is 15.5 Å². The van der Waals surface area contributed by atoms with Crippen molar-refractivity contribution in [3.8, 4) is 0 Å². The highest BCUT2D eigenvalue weighted by atomic mass is 32.1. The highest BCUT2D eigenvalue weighted by Crippen LogP contribution is 2.15. The number of hydrogen-bond donors (Lipinski definition) is 1. The van der Waals surface area contributed by atoms with E-state index in [1.165, 1.54) is 11.3 Å². The van der Waals surface area contributed by atoms with Crippen molar-refractivity contribution < 1.29 is 9.53 Å². The van der Waals surface area contributed by atoms with E-state index >= 15 is 0 Å². The van der Waals surface area contributed by atoms with Gasteiger partial charge in [0.15, 0.2) is 0 Å². The molecule has 16 heavy (non-hydrogen) atoms. The number of anilines is 1. The fourth-order valence-corrected chi connectivity index (χ4v) is 1.85. The molecule has 0 unspecified atom stereocenters. The second-order valence-electron chi connectivity index (χ2n) is 3.25. The van der Waals surface area contributed by atoms with E-state index in [0.29, 0.717) is 24.8 Å². The Morgan fingerprint density at radius 2 is 2.25 bits per heavy atom. The van der Waals surface area contributed by atoms with E-state index in [9.17, 15) is 4.79 Å². The van der Waals surface area contributed by atoms with Gasteiger partial charge in [0, 0.05) is 19.4 Å². The van der Waals surface area contributed by atoms with Gasteiger partial charge in [0.25, 0.3) is 0 Å². The summed E-state index contributed by atoms with van der Waals surface area (Å²) < 4.78 is 5.22. The molecule has 0 saturated carbocycles. The molecule has 0 radical (unpaired) electrons. The zero-order valence-electron chi connectivity index (χ0n) is 9.65. The van der Waals surface area contributed by atoms with Crippen LogP contribution < -0.4 is 5.32 Å². The van der Waals surface area contributed by atoms with Crippen LogP contribution in [0.5, 0.6) is 0 Å². The first-order valence-electron chi connectivity index (χ1n) is 5.46. The van der Waals surface area contributed by atoms with Crippen LogP contribution in [0.2, 0.25) is 0 Å². The Morgan fingerprint density at radius 1 is 1.44 bits per heavy atom. The van der Waals surface area contributed by atoms with Gasteiger partial charge in [0.2, 0.25) is 11.0 Å². The topological polar surface area (TPSA) is 64.1 Å². The molecule has 0 bridgehead atoms. The smallest absolute Gasteiger partial charge is 0.226 e. The average molecular weight is 243 g/mol. The Bertz CT molecular complexity index is 328. The average Bonchev–Trinajstić information content (AvgIpc) is 2.66. The van der Waals surface area contributed by atoms with Gasteiger partial charge in [-0.2, -0.15) is 0 Å². The summed E-state index contributed by atoms with van der Waals surface area (Å²) in [6.45, 7) is 5.27.